The molecule has 0 amide bonds. The van der Waals surface area contributed by atoms with Crippen molar-refractivity contribution in [2.45, 2.75) is 83.2 Å². The molecule has 0 saturated heterocycles. The molecular formula is C14H24F6O3S. The lowest BCUT2D eigenvalue weighted by Gasteiger charge is -2.22. The quantitative estimate of drug-likeness (QED) is 0.258. The van der Waals surface area contributed by atoms with Gasteiger partial charge < -0.3 is 0 Å². The second-order valence-electron chi connectivity index (χ2n) is 5.65. The molecule has 0 spiro atoms. The summed E-state index contributed by atoms with van der Waals surface area (Å²) in [4.78, 5) is 0. The first kappa shape index (κ1) is 23.5. The molecule has 0 atom stereocenters. The van der Waals surface area contributed by atoms with Gasteiger partial charge in [-0.1, -0.05) is 58.3 Å². The molecule has 0 fully saturated rings. The van der Waals surface area contributed by atoms with Crippen LogP contribution in [-0.4, -0.2) is 32.6 Å². The summed E-state index contributed by atoms with van der Waals surface area (Å²) < 4.78 is 99.5. The second-order valence-corrected chi connectivity index (χ2v) is 7.37. The van der Waals surface area contributed by atoms with E-state index in [2.05, 4.69) is 11.1 Å². The van der Waals surface area contributed by atoms with Crippen molar-refractivity contribution in [1.29, 1.82) is 0 Å². The Kier molecular flexibility index (Phi) is 10.3. The molecule has 0 N–H and O–H groups in total. The summed E-state index contributed by atoms with van der Waals surface area (Å²) >= 11 is 0. The van der Waals surface area contributed by atoms with Gasteiger partial charge in [0, 0.05) is 0 Å². The van der Waals surface area contributed by atoms with Crippen LogP contribution in [-0.2, 0) is 14.3 Å². The van der Waals surface area contributed by atoms with Crippen LogP contribution in [0.25, 0.3) is 0 Å². The monoisotopic (exact) mass is 386 g/mol. The van der Waals surface area contributed by atoms with Crippen LogP contribution in [0.5, 0.6) is 0 Å². The molecule has 0 aromatic carbocycles. The molecule has 0 aromatic rings. The lowest BCUT2D eigenvalue weighted by Crippen LogP contribution is -2.45. The number of hydrogen-bond donors (Lipinski definition) is 0. The van der Waals surface area contributed by atoms with E-state index in [9.17, 15) is 34.8 Å². The lowest BCUT2D eigenvalue weighted by molar-refractivity contribution is -0.299. The highest BCUT2D eigenvalue weighted by Gasteiger charge is 2.60. The highest BCUT2D eigenvalue weighted by Crippen LogP contribution is 2.36. The Labute approximate surface area is 138 Å². The normalized spacial score (nSPS) is 13.7. The third-order valence-corrected chi connectivity index (χ3v) is 4.61. The summed E-state index contributed by atoms with van der Waals surface area (Å²) in [6, 6.07) is 0. The van der Waals surface area contributed by atoms with Crippen molar-refractivity contribution in [1.82, 2.24) is 0 Å². The van der Waals surface area contributed by atoms with Crippen molar-refractivity contribution >= 4 is 10.1 Å². The summed E-state index contributed by atoms with van der Waals surface area (Å²) in [6.45, 7) is 2.09. The Bertz CT molecular complexity index is 417. The molecule has 0 bridgehead atoms. The number of unbranched alkanes of at least 4 members (excludes halogenated alkanes) is 8. The van der Waals surface area contributed by atoms with Crippen LogP contribution in [0.4, 0.5) is 26.3 Å². The van der Waals surface area contributed by atoms with Crippen LogP contribution in [0.3, 0.4) is 0 Å². The van der Waals surface area contributed by atoms with Crippen molar-refractivity contribution in [2.24, 2.45) is 0 Å². The van der Waals surface area contributed by atoms with E-state index in [1.807, 2.05) is 0 Å². The molecular weight excluding hydrogens is 362 g/mol. The molecule has 0 heterocycles. The van der Waals surface area contributed by atoms with Crippen LogP contribution in [0.2, 0.25) is 0 Å². The molecule has 24 heavy (non-hydrogen) atoms. The number of hydrogen-bond acceptors (Lipinski definition) is 3. The van der Waals surface area contributed by atoms with Gasteiger partial charge >= 0.3 is 12.4 Å². The smallest absolute Gasteiger partial charge is 0.247 e. The fourth-order valence-electron chi connectivity index (χ4n) is 2.08. The number of alkyl halides is 6. The molecule has 0 radical (unpaired) electrons. The van der Waals surface area contributed by atoms with Crippen LogP contribution >= 0.6 is 0 Å². The van der Waals surface area contributed by atoms with Gasteiger partial charge in [0.25, 0.3) is 16.2 Å². The van der Waals surface area contributed by atoms with Crippen LogP contribution < -0.4 is 0 Å². The summed E-state index contributed by atoms with van der Waals surface area (Å²) in [5, 5.41) is 0. The van der Waals surface area contributed by atoms with Crippen molar-refractivity contribution in [2.75, 3.05) is 5.75 Å². The standard InChI is InChI=1S/C14H24F6O3S/c1-2-3-4-5-6-7-8-9-10-11-24(21,22)23-12(13(15,16)17)14(18,19)20/h12H,2-11H2,1H3. The van der Waals surface area contributed by atoms with E-state index in [0.29, 0.717) is 12.8 Å². The van der Waals surface area contributed by atoms with E-state index in [4.69, 9.17) is 0 Å². The molecule has 0 aromatic heterocycles. The zero-order valence-corrected chi connectivity index (χ0v) is 14.4. The third kappa shape index (κ3) is 11.1. The van der Waals surface area contributed by atoms with E-state index in [0.717, 1.165) is 38.5 Å². The predicted octanol–water partition coefficient (Wildman–Crippen LogP) is 5.36. The Morgan fingerprint density at radius 2 is 1.12 bits per heavy atom. The summed E-state index contributed by atoms with van der Waals surface area (Å²) in [6.07, 6.45) is -8.61. The molecule has 10 heteroatoms. The Balaban J connectivity index is 4.13. The Morgan fingerprint density at radius 1 is 0.750 bits per heavy atom. The Hall–Kier alpha value is -0.510. The maximum Gasteiger partial charge on any atom is 0.425 e. The van der Waals surface area contributed by atoms with Crippen molar-refractivity contribution in [3.8, 4) is 0 Å². The van der Waals surface area contributed by atoms with E-state index in [-0.39, 0.29) is 6.42 Å². The zero-order chi connectivity index (χ0) is 18.9. The molecule has 0 aliphatic heterocycles. The average molecular weight is 386 g/mol. The fraction of sp³-hybridized carbons (Fsp3) is 1.00. The molecule has 0 rings (SSSR count). The SMILES string of the molecule is CCCCCCCCCCCS(=O)(=O)OC(C(F)(F)F)C(F)(F)F. The minimum Gasteiger partial charge on any atom is -0.247 e. The maximum atomic E-state index is 12.3. The van der Waals surface area contributed by atoms with Crippen LogP contribution in [0.1, 0.15) is 64.7 Å². The van der Waals surface area contributed by atoms with Gasteiger partial charge in [-0.2, -0.15) is 34.8 Å². The van der Waals surface area contributed by atoms with Crippen molar-refractivity contribution in [3.63, 3.8) is 0 Å². The summed E-state index contributed by atoms with van der Waals surface area (Å²) in [5.74, 6) is -0.856. The van der Waals surface area contributed by atoms with Gasteiger partial charge in [0.15, 0.2) is 0 Å². The van der Waals surface area contributed by atoms with Gasteiger partial charge in [0.05, 0.1) is 5.75 Å². The van der Waals surface area contributed by atoms with Gasteiger partial charge in [0.2, 0.25) is 0 Å². The third-order valence-electron chi connectivity index (χ3n) is 3.34. The molecule has 0 saturated carbocycles. The molecule has 0 unspecified atom stereocenters. The average Bonchev–Trinajstić information content (AvgIpc) is 2.41. The minimum atomic E-state index is -5.83. The highest BCUT2D eigenvalue weighted by atomic mass is 32.2. The lowest BCUT2D eigenvalue weighted by atomic mass is 10.1. The molecule has 0 aliphatic carbocycles. The molecule has 0 aliphatic rings. The summed E-state index contributed by atoms with van der Waals surface area (Å²) in [7, 11) is -4.89. The van der Waals surface area contributed by atoms with E-state index in [1.54, 1.807) is 0 Å². The van der Waals surface area contributed by atoms with Crippen LogP contribution in [0, 0.1) is 0 Å². The topological polar surface area (TPSA) is 43.4 Å². The second kappa shape index (κ2) is 10.5. The first-order valence-electron chi connectivity index (χ1n) is 7.94. The van der Waals surface area contributed by atoms with Crippen molar-refractivity contribution in [3.05, 3.63) is 0 Å². The Morgan fingerprint density at radius 3 is 1.50 bits per heavy atom. The van der Waals surface area contributed by atoms with Gasteiger partial charge in [0.1, 0.15) is 0 Å². The fourth-order valence-corrected chi connectivity index (χ4v) is 3.24. The van der Waals surface area contributed by atoms with Gasteiger partial charge in [-0.3, -0.25) is 0 Å². The maximum absolute atomic E-state index is 12.3. The number of rotatable bonds is 12. The summed E-state index contributed by atoms with van der Waals surface area (Å²) in [5.41, 5.74) is 0. The van der Waals surface area contributed by atoms with Gasteiger partial charge in [-0.05, 0) is 6.42 Å². The van der Waals surface area contributed by atoms with E-state index >= 15 is 0 Å². The van der Waals surface area contributed by atoms with E-state index < -0.39 is 34.3 Å². The first-order chi connectivity index (χ1) is 10.9. The van der Waals surface area contributed by atoms with Gasteiger partial charge in [-0.15, -0.1) is 0 Å². The first-order valence-corrected chi connectivity index (χ1v) is 9.52. The molecule has 146 valence electrons. The zero-order valence-electron chi connectivity index (χ0n) is 13.5. The largest absolute Gasteiger partial charge is 0.425 e. The minimum absolute atomic E-state index is 0.0280. The predicted molar refractivity (Wildman–Crippen MR) is 78.0 cm³/mol. The number of halogens is 6. The van der Waals surface area contributed by atoms with Crippen molar-refractivity contribution < 1.29 is 38.9 Å². The molecule has 3 nitrogen and oxygen atoms in total. The van der Waals surface area contributed by atoms with Gasteiger partial charge in [-0.25, -0.2) is 4.18 Å². The highest BCUT2D eigenvalue weighted by molar-refractivity contribution is 7.86. The van der Waals surface area contributed by atoms with Crippen LogP contribution in [0.15, 0.2) is 0 Å². The van der Waals surface area contributed by atoms with E-state index in [1.165, 1.54) is 0 Å².